The third-order valence-electron chi connectivity index (χ3n) is 4.35. The van der Waals surface area contributed by atoms with E-state index in [1.54, 1.807) is 30.6 Å². The SMILES string of the molecule is COc1ccc(Cl)cc1NC(=O)CSc1nccn(-c2ccc(C)c(C)c2)c1=O. The van der Waals surface area contributed by atoms with E-state index in [9.17, 15) is 9.59 Å². The Morgan fingerprint density at radius 1 is 1.21 bits per heavy atom. The molecule has 0 unspecified atom stereocenters. The zero-order valence-electron chi connectivity index (χ0n) is 16.2. The van der Waals surface area contributed by atoms with Crippen LogP contribution in [-0.4, -0.2) is 28.3 Å². The number of aryl methyl sites for hydroxylation is 2. The second kappa shape index (κ2) is 9.15. The average Bonchev–Trinajstić information content (AvgIpc) is 2.69. The van der Waals surface area contributed by atoms with Crippen molar-refractivity contribution in [1.29, 1.82) is 0 Å². The fourth-order valence-electron chi connectivity index (χ4n) is 2.67. The van der Waals surface area contributed by atoms with Gasteiger partial charge in [0.05, 0.1) is 18.6 Å². The van der Waals surface area contributed by atoms with Gasteiger partial charge in [-0.25, -0.2) is 4.98 Å². The minimum absolute atomic E-state index is 0.0227. The van der Waals surface area contributed by atoms with E-state index in [0.717, 1.165) is 28.6 Å². The highest BCUT2D eigenvalue weighted by Crippen LogP contribution is 2.28. The number of nitrogens with zero attached hydrogens (tertiary/aromatic N) is 2. The van der Waals surface area contributed by atoms with Crippen LogP contribution in [-0.2, 0) is 4.79 Å². The molecule has 0 aliphatic rings. The van der Waals surface area contributed by atoms with Crippen molar-refractivity contribution in [3.05, 3.63) is 75.3 Å². The zero-order chi connectivity index (χ0) is 21.0. The van der Waals surface area contributed by atoms with Gasteiger partial charge >= 0.3 is 0 Å². The van der Waals surface area contributed by atoms with Crippen LogP contribution in [0.3, 0.4) is 0 Å². The number of anilines is 1. The molecule has 1 aromatic heterocycles. The molecule has 2 aromatic carbocycles. The third-order valence-corrected chi connectivity index (χ3v) is 5.55. The fraction of sp³-hybridized carbons (Fsp3) is 0.190. The highest BCUT2D eigenvalue weighted by molar-refractivity contribution is 7.99. The number of rotatable bonds is 6. The highest BCUT2D eigenvalue weighted by atomic mass is 35.5. The van der Waals surface area contributed by atoms with Crippen LogP contribution in [0.25, 0.3) is 5.69 Å². The van der Waals surface area contributed by atoms with Crippen molar-refractivity contribution in [1.82, 2.24) is 9.55 Å². The van der Waals surface area contributed by atoms with Gasteiger partial charge in [0.15, 0.2) is 5.03 Å². The summed E-state index contributed by atoms with van der Waals surface area (Å²) in [6.07, 6.45) is 3.17. The zero-order valence-corrected chi connectivity index (χ0v) is 17.8. The van der Waals surface area contributed by atoms with Crippen LogP contribution < -0.4 is 15.6 Å². The lowest BCUT2D eigenvalue weighted by Gasteiger charge is -2.11. The van der Waals surface area contributed by atoms with E-state index in [1.165, 1.54) is 11.7 Å². The number of benzene rings is 2. The maximum atomic E-state index is 12.8. The molecule has 1 heterocycles. The van der Waals surface area contributed by atoms with E-state index in [1.807, 2.05) is 32.0 Å². The van der Waals surface area contributed by atoms with Gasteiger partial charge in [0, 0.05) is 23.1 Å². The molecule has 0 saturated heterocycles. The summed E-state index contributed by atoms with van der Waals surface area (Å²) >= 11 is 7.06. The minimum Gasteiger partial charge on any atom is -0.495 e. The van der Waals surface area contributed by atoms with E-state index in [4.69, 9.17) is 16.3 Å². The van der Waals surface area contributed by atoms with Crippen LogP contribution in [0.15, 0.2) is 58.6 Å². The van der Waals surface area contributed by atoms with Gasteiger partial charge in [0.1, 0.15) is 5.75 Å². The largest absolute Gasteiger partial charge is 0.495 e. The average molecular weight is 430 g/mol. The normalized spacial score (nSPS) is 10.6. The summed E-state index contributed by atoms with van der Waals surface area (Å²) in [5, 5.41) is 3.48. The molecule has 0 aliphatic heterocycles. The van der Waals surface area contributed by atoms with E-state index >= 15 is 0 Å². The molecule has 29 heavy (non-hydrogen) atoms. The molecule has 1 amide bonds. The van der Waals surface area contributed by atoms with Gasteiger partial charge in [-0.3, -0.25) is 14.2 Å². The lowest BCUT2D eigenvalue weighted by molar-refractivity contribution is -0.113. The number of carbonyl (C=O) groups excluding carboxylic acids is 1. The van der Waals surface area contributed by atoms with Crippen molar-refractivity contribution in [3.8, 4) is 11.4 Å². The maximum absolute atomic E-state index is 12.8. The molecule has 0 atom stereocenters. The standard InChI is InChI=1S/C21H20ClN3O3S/c1-13-4-6-16(10-14(13)2)25-9-8-23-20(21(25)27)29-12-19(26)24-17-11-15(22)5-7-18(17)28-3/h4-11H,12H2,1-3H3,(H,24,26). The van der Waals surface area contributed by atoms with Crippen molar-refractivity contribution in [2.45, 2.75) is 18.9 Å². The van der Waals surface area contributed by atoms with E-state index in [2.05, 4.69) is 10.3 Å². The van der Waals surface area contributed by atoms with E-state index < -0.39 is 0 Å². The molecule has 3 aromatic rings. The topological polar surface area (TPSA) is 73.2 Å². The fourth-order valence-corrected chi connectivity index (χ4v) is 3.54. The van der Waals surface area contributed by atoms with Crippen molar-refractivity contribution >= 4 is 35.0 Å². The molecule has 150 valence electrons. The number of hydrogen-bond donors (Lipinski definition) is 1. The molecule has 0 spiro atoms. The molecule has 0 aliphatic carbocycles. The summed E-state index contributed by atoms with van der Waals surface area (Å²) in [5.41, 5.74) is 3.21. The van der Waals surface area contributed by atoms with Gasteiger partial charge in [-0.15, -0.1) is 0 Å². The van der Waals surface area contributed by atoms with Gasteiger partial charge in [0.25, 0.3) is 5.56 Å². The van der Waals surface area contributed by atoms with Gasteiger partial charge in [0.2, 0.25) is 5.91 Å². The number of hydrogen-bond acceptors (Lipinski definition) is 5. The Bertz CT molecular complexity index is 1110. The molecule has 1 N–H and O–H groups in total. The molecule has 0 bridgehead atoms. The number of ether oxygens (including phenoxy) is 1. The Morgan fingerprint density at radius 3 is 2.72 bits per heavy atom. The van der Waals surface area contributed by atoms with Crippen LogP contribution in [0.2, 0.25) is 5.02 Å². The Morgan fingerprint density at radius 2 is 2.00 bits per heavy atom. The lowest BCUT2D eigenvalue weighted by atomic mass is 10.1. The van der Waals surface area contributed by atoms with Crippen LogP contribution in [0.1, 0.15) is 11.1 Å². The van der Waals surface area contributed by atoms with Gasteiger partial charge in [-0.2, -0.15) is 0 Å². The summed E-state index contributed by atoms with van der Waals surface area (Å²) < 4.78 is 6.75. The summed E-state index contributed by atoms with van der Waals surface area (Å²) in [6.45, 7) is 4.01. The monoisotopic (exact) mass is 429 g/mol. The Kier molecular flexibility index (Phi) is 6.61. The second-order valence-corrected chi connectivity index (χ2v) is 7.76. The molecule has 8 heteroatoms. The maximum Gasteiger partial charge on any atom is 0.287 e. The number of aromatic nitrogens is 2. The third kappa shape index (κ3) is 4.99. The number of nitrogens with one attached hydrogen (secondary N) is 1. The minimum atomic E-state index is -0.293. The quantitative estimate of drug-likeness (QED) is 0.593. The predicted molar refractivity (Wildman–Crippen MR) is 117 cm³/mol. The molecular weight excluding hydrogens is 410 g/mol. The highest BCUT2D eigenvalue weighted by Gasteiger charge is 2.12. The van der Waals surface area contributed by atoms with E-state index in [-0.39, 0.29) is 22.2 Å². The van der Waals surface area contributed by atoms with Crippen LogP contribution in [0, 0.1) is 13.8 Å². The second-order valence-electron chi connectivity index (χ2n) is 6.36. The number of methoxy groups -OCH3 is 1. The summed E-state index contributed by atoms with van der Waals surface area (Å²) in [4.78, 5) is 29.3. The lowest BCUT2D eigenvalue weighted by Crippen LogP contribution is -2.22. The van der Waals surface area contributed by atoms with Gasteiger partial charge in [-0.05, 0) is 55.3 Å². The van der Waals surface area contributed by atoms with Crippen molar-refractivity contribution in [3.63, 3.8) is 0 Å². The van der Waals surface area contributed by atoms with Crippen LogP contribution in [0.4, 0.5) is 5.69 Å². The first kappa shape index (κ1) is 21.0. The van der Waals surface area contributed by atoms with Crippen LogP contribution >= 0.6 is 23.4 Å². The van der Waals surface area contributed by atoms with E-state index in [0.29, 0.717) is 16.5 Å². The molecule has 0 saturated carbocycles. The van der Waals surface area contributed by atoms with Crippen LogP contribution in [0.5, 0.6) is 5.75 Å². The summed E-state index contributed by atoms with van der Waals surface area (Å²) in [5.74, 6) is 0.232. The smallest absolute Gasteiger partial charge is 0.287 e. The number of amides is 1. The van der Waals surface area contributed by atoms with Gasteiger partial charge in [-0.1, -0.05) is 29.4 Å². The number of carbonyl (C=O) groups is 1. The molecule has 3 rings (SSSR count). The first-order valence-electron chi connectivity index (χ1n) is 8.80. The van der Waals surface area contributed by atoms with Gasteiger partial charge < -0.3 is 10.1 Å². The Balaban J connectivity index is 1.74. The summed E-state index contributed by atoms with van der Waals surface area (Å²) in [7, 11) is 1.51. The Labute approximate surface area is 177 Å². The molecule has 0 radical (unpaired) electrons. The van der Waals surface area contributed by atoms with Crippen molar-refractivity contribution in [2.75, 3.05) is 18.2 Å². The first-order chi connectivity index (χ1) is 13.9. The van der Waals surface area contributed by atoms with Crippen molar-refractivity contribution < 1.29 is 9.53 Å². The number of thioether (sulfide) groups is 1. The molecular formula is C21H20ClN3O3S. The molecule has 0 fully saturated rings. The predicted octanol–water partition coefficient (Wildman–Crippen LogP) is 4.24. The number of halogens is 1. The summed E-state index contributed by atoms with van der Waals surface area (Å²) in [6, 6.07) is 10.8. The first-order valence-corrected chi connectivity index (χ1v) is 10.2. The molecule has 6 nitrogen and oxygen atoms in total. The Hall–Kier alpha value is -2.77. The van der Waals surface area contributed by atoms with Crippen molar-refractivity contribution in [2.24, 2.45) is 0 Å².